The third-order valence-electron chi connectivity index (χ3n) is 3.41. The largest absolute Gasteiger partial charge is 0.355 e. The molecule has 3 rings (SSSR count). The summed E-state index contributed by atoms with van der Waals surface area (Å²) in [6, 6.07) is 17.8. The van der Waals surface area contributed by atoms with Crippen molar-refractivity contribution in [3.05, 3.63) is 64.6 Å². The second kappa shape index (κ2) is 5.87. The minimum Gasteiger partial charge on any atom is -0.355 e. The Kier molecular flexibility index (Phi) is 3.94. The molecule has 4 nitrogen and oxygen atoms in total. The van der Waals surface area contributed by atoms with E-state index in [0.29, 0.717) is 6.54 Å². The van der Waals surface area contributed by atoms with Crippen LogP contribution in [-0.4, -0.2) is 22.3 Å². The van der Waals surface area contributed by atoms with Gasteiger partial charge in [0.15, 0.2) is 0 Å². The highest BCUT2D eigenvalue weighted by Crippen LogP contribution is 2.26. The van der Waals surface area contributed by atoms with Crippen molar-refractivity contribution in [2.75, 3.05) is 4.90 Å². The van der Waals surface area contributed by atoms with E-state index in [1.54, 1.807) is 5.01 Å². The van der Waals surface area contributed by atoms with Crippen molar-refractivity contribution in [3.8, 4) is 0 Å². The second-order valence-corrected chi connectivity index (χ2v) is 5.84. The highest BCUT2D eigenvalue weighted by atomic mass is 79.9. The van der Waals surface area contributed by atoms with Crippen LogP contribution in [0.3, 0.4) is 0 Å². The van der Waals surface area contributed by atoms with Crippen molar-refractivity contribution in [3.63, 3.8) is 0 Å². The van der Waals surface area contributed by atoms with Crippen LogP contribution in [0.15, 0.2) is 64.2 Å². The van der Waals surface area contributed by atoms with Gasteiger partial charge in [-0.25, -0.2) is 5.01 Å². The number of rotatable bonds is 3. The molecule has 0 spiro atoms. The molecule has 2 aromatic carbocycles. The van der Waals surface area contributed by atoms with Gasteiger partial charge >= 0.3 is 0 Å². The Balaban J connectivity index is 1.80. The van der Waals surface area contributed by atoms with E-state index in [2.05, 4.69) is 21.0 Å². The first-order valence-electron chi connectivity index (χ1n) is 6.74. The predicted octanol–water partition coefficient (Wildman–Crippen LogP) is 3.38. The average Bonchev–Trinajstić information content (AvgIpc) is 2.76. The molecule has 2 aromatic rings. The summed E-state index contributed by atoms with van der Waals surface area (Å²) in [4.78, 5) is 1.81. The average molecular weight is 346 g/mol. The smallest absolute Gasteiger partial charge is 0.228 e. The Morgan fingerprint density at radius 1 is 1.10 bits per heavy atom. The van der Waals surface area contributed by atoms with Crippen LogP contribution in [0.4, 0.5) is 5.69 Å². The fourth-order valence-corrected chi connectivity index (χ4v) is 2.66. The standard InChI is InChI=1S/C16H16BrN3O/c1-12-18-19(11-13-5-3-2-4-6-13)16(21)20(12)15-9-7-14(17)8-10-15/h2-10,16,21H,11H2,1H3. The highest BCUT2D eigenvalue weighted by Gasteiger charge is 2.31. The number of amidine groups is 1. The van der Waals surface area contributed by atoms with E-state index in [0.717, 1.165) is 21.6 Å². The summed E-state index contributed by atoms with van der Waals surface area (Å²) in [5, 5.41) is 16.7. The van der Waals surface area contributed by atoms with Gasteiger partial charge in [0.05, 0.1) is 6.54 Å². The van der Waals surface area contributed by atoms with Gasteiger partial charge in [0, 0.05) is 10.2 Å². The molecule has 1 aliphatic heterocycles. The number of hydrogen-bond donors (Lipinski definition) is 1. The fraction of sp³-hybridized carbons (Fsp3) is 0.188. The second-order valence-electron chi connectivity index (χ2n) is 4.92. The maximum Gasteiger partial charge on any atom is 0.228 e. The zero-order valence-corrected chi connectivity index (χ0v) is 13.2. The Labute approximate surface area is 132 Å². The third kappa shape index (κ3) is 2.94. The van der Waals surface area contributed by atoms with Crippen LogP contribution in [0.2, 0.25) is 0 Å². The van der Waals surface area contributed by atoms with E-state index in [-0.39, 0.29) is 0 Å². The molecular formula is C16H16BrN3O. The molecule has 1 aliphatic rings. The van der Waals surface area contributed by atoms with Crippen molar-refractivity contribution >= 4 is 27.5 Å². The van der Waals surface area contributed by atoms with Crippen LogP contribution in [0, 0.1) is 0 Å². The Morgan fingerprint density at radius 3 is 2.43 bits per heavy atom. The van der Waals surface area contributed by atoms with Gasteiger partial charge in [-0.1, -0.05) is 46.3 Å². The first-order chi connectivity index (χ1) is 10.1. The Bertz CT molecular complexity index is 642. The number of aliphatic hydroxyl groups excluding tert-OH is 1. The van der Waals surface area contributed by atoms with Crippen molar-refractivity contribution in [1.82, 2.24) is 5.01 Å². The van der Waals surface area contributed by atoms with E-state index < -0.39 is 6.35 Å². The molecule has 1 heterocycles. The molecule has 5 heteroatoms. The number of halogens is 1. The van der Waals surface area contributed by atoms with Gasteiger partial charge in [0.2, 0.25) is 6.35 Å². The number of benzene rings is 2. The van der Waals surface area contributed by atoms with Crippen molar-refractivity contribution in [2.24, 2.45) is 5.10 Å². The first kappa shape index (κ1) is 14.1. The van der Waals surface area contributed by atoms with Crippen molar-refractivity contribution in [2.45, 2.75) is 19.8 Å². The zero-order chi connectivity index (χ0) is 14.8. The minimum absolute atomic E-state index is 0.576. The van der Waals surface area contributed by atoms with Gasteiger partial charge in [-0.15, -0.1) is 0 Å². The molecule has 0 fully saturated rings. The third-order valence-corrected chi connectivity index (χ3v) is 3.94. The van der Waals surface area contributed by atoms with Gasteiger partial charge in [-0.3, -0.25) is 4.90 Å². The minimum atomic E-state index is -0.786. The van der Waals surface area contributed by atoms with Crippen LogP contribution in [-0.2, 0) is 6.54 Å². The van der Waals surface area contributed by atoms with Crippen LogP contribution in [0.1, 0.15) is 12.5 Å². The summed E-state index contributed by atoms with van der Waals surface area (Å²) in [6.45, 7) is 2.47. The van der Waals surface area contributed by atoms with Crippen LogP contribution >= 0.6 is 15.9 Å². The quantitative estimate of drug-likeness (QED) is 0.926. The van der Waals surface area contributed by atoms with E-state index in [4.69, 9.17) is 0 Å². The molecule has 1 N–H and O–H groups in total. The molecule has 0 aromatic heterocycles. The summed E-state index contributed by atoms with van der Waals surface area (Å²) in [5.74, 6) is 0.778. The molecule has 1 atom stereocenters. The summed E-state index contributed by atoms with van der Waals surface area (Å²) < 4.78 is 1.01. The lowest BCUT2D eigenvalue weighted by molar-refractivity contribution is 0.0212. The summed E-state index contributed by atoms with van der Waals surface area (Å²) >= 11 is 3.42. The number of hydrogen-bond acceptors (Lipinski definition) is 4. The number of nitrogens with zero attached hydrogens (tertiary/aromatic N) is 3. The molecule has 0 amide bonds. The highest BCUT2D eigenvalue weighted by molar-refractivity contribution is 9.10. The topological polar surface area (TPSA) is 39.1 Å². The van der Waals surface area contributed by atoms with Crippen molar-refractivity contribution < 1.29 is 5.11 Å². The lowest BCUT2D eigenvalue weighted by atomic mass is 10.2. The first-order valence-corrected chi connectivity index (χ1v) is 7.53. The van der Waals surface area contributed by atoms with Gasteiger partial charge in [0.25, 0.3) is 0 Å². The van der Waals surface area contributed by atoms with E-state index >= 15 is 0 Å². The zero-order valence-electron chi connectivity index (χ0n) is 11.6. The maximum absolute atomic E-state index is 10.5. The number of aliphatic hydroxyl groups is 1. The molecule has 0 saturated heterocycles. The predicted molar refractivity (Wildman–Crippen MR) is 87.7 cm³/mol. The Morgan fingerprint density at radius 2 is 1.76 bits per heavy atom. The summed E-state index contributed by atoms with van der Waals surface area (Å²) in [5.41, 5.74) is 2.04. The van der Waals surface area contributed by atoms with Crippen molar-refractivity contribution in [1.29, 1.82) is 0 Å². The van der Waals surface area contributed by atoms with E-state index in [1.165, 1.54) is 0 Å². The number of hydrazone groups is 1. The molecule has 108 valence electrons. The van der Waals surface area contributed by atoms with Crippen LogP contribution < -0.4 is 4.90 Å². The lowest BCUT2D eigenvalue weighted by Crippen LogP contribution is -2.41. The van der Waals surface area contributed by atoms with Crippen LogP contribution in [0.25, 0.3) is 0 Å². The molecule has 0 bridgehead atoms. The Hall–Kier alpha value is -1.85. The maximum atomic E-state index is 10.5. The van der Waals surface area contributed by atoms with E-state index in [1.807, 2.05) is 66.4 Å². The van der Waals surface area contributed by atoms with E-state index in [9.17, 15) is 5.11 Å². The van der Waals surface area contributed by atoms with Gasteiger partial charge in [0.1, 0.15) is 5.84 Å². The molecule has 1 unspecified atom stereocenters. The molecular weight excluding hydrogens is 330 g/mol. The molecule has 0 radical (unpaired) electrons. The number of anilines is 1. The van der Waals surface area contributed by atoms with Gasteiger partial charge in [-0.05, 0) is 36.8 Å². The molecule has 0 aliphatic carbocycles. The normalized spacial score (nSPS) is 18.0. The molecule has 21 heavy (non-hydrogen) atoms. The monoisotopic (exact) mass is 345 g/mol. The van der Waals surface area contributed by atoms with Gasteiger partial charge in [-0.2, -0.15) is 5.10 Å². The summed E-state index contributed by atoms with van der Waals surface area (Å²) in [7, 11) is 0. The SMILES string of the molecule is CC1=NN(Cc2ccccc2)C(O)N1c1ccc(Br)cc1. The van der Waals surface area contributed by atoms with Crippen LogP contribution in [0.5, 0.6) is 0 Å². The summed E-state index contributed by atoms with van der Waals surface area (Å²) in [6.07, 6.45) is -0.786. The molecule has 0 saturated carbocycles. The lowest BCUT2D eigenvalue weighted by Gasteiger charge is -2.27. The fourth-order valence-electron chi connectivity index (χ4n) is 2.40. The van der Waals surface area contributed by atoms with Gasteiger partial charge < -0.3 is 5.11 Å².